The Bertz CT molecular complexity index is 1190. The molecule has 0 aliphatic carbocycles. The molecule has 4 rings (SSSR count). The Morgan fingerprint density at radius 3 is 2.35 bits per heavy atom. The molecule has 0 aliphatic heterocycles. The Hall–Kier alpha value is -4.07. The second kappa shape index (κ2) is 8.74. The minimum Gasteiger partial charge on any atom is -0.480 e. The van der Waals surface area contributed by atoms with Gasteiger partial charge in [0, 0.05) is 5.56 Å². The molecule has 4 aromatic rings. The highest BCUT2D eigenvalue weighted by atomic mass is 19.1. The number of ether oxygens (including phenoxy) is 1. The van der Waals surface area contributed by atoms with Gasteiger partial charge in [-0.05, 0) is 35.4 Å². The Morgan fingerprint density at radius 1 is 1.00 bits per heavy atom. The number of halogens is 2. The van der Waals surface area contributed by atoms with E-state index in [4.69, 9.17) is 9.15 Å². The number of nitrogens with zero attached hydrogens (tertiary/aromatic N) is 2. The van der Waals surface area contributed by atoms with Crippen molar-refractivity contribution in [2.45, 2.75) is 6.04 Å². The van der Waals surface area contributed by atoms with Gasteiger partial charge in [0.2, 0.25) is 5.88 Å². The molecule has 2 aromatic heterocycles. The number of aromatic nitrogens is 2. The van der Waals surface area contributed by atoms with Gasteiger partial charge in [0.05, 0.1) is 31.3 Å². The van der Waals surface area contributed by atoms with E-state index in [1.807, 2.05) is 0 Å². The van der Waals surface area contributed by atoms with E-state index in [9.17, 15) is 13.6 Å². The summed E-state index contributed by atoms with van der Waals surface area (Å²) in [7, 11) is 1.46. The Kier molecular flexibility index (Phi) is 5.70. The first-order valence-electron chi connectivity index (χ1n) is 9.29. The lowest BCUT2D eigenvalue weighted by Gasteiger charge is -2.19. The molecule has 0 radical (unpaired) electrons. The quantitative estimate of drug-likeness (QED) is 0.421. The molecule has 0 fully saturated rings. The molecular weight excluding hydrogens is 404 g/mol. The lowest BCUT2D eigenvalue weighted by atomic mass is 9.94. The topological polar surface area (TPSA) is 77.2 Å². The molecule has 0 spiro atoms. The van der Waals surface area contributed by atoms with E-state index < -0.39 is 11.9 Å². The number of hydrogen-bond acceptors (Lipinski definition) is 6. The number of benzene rings is 2. The van der Waals surface area contributed by atoms with Crippen LogP contribution in [-0.2, 0) is 0 Å². The molecule has 1 unspecified atom stereocenters. The number of carbonyl (C=O) groups excluding carboxylic acids is 1. The Balaban J connectivity index is 1.73. The molecule has 156 valence electrons. The molecule has 8 heteroatoms. The van der Waals surface area contributed by atoms with Gasteiger partial charge in [0.1, 0.15) is 29.8 Å². The van der Waals surface area contributed by atoms with Crippen LogP contribution in [0.25, 0.3) is 11.1 Å². The number of furan rings is 1. The second-order valence-corrected chi connectivity index (χ2v) is 6.65. The summed E-state index contributed by atoms with van der Waals surface area (Å²) >= 11 is 0. The third kappa shape index (κ3) is 4.42. The number of ketones is 1. The fourth-order valence-corrected chi connectivity index (χ4v) is 3.12. The summed E-state index contributed by atoms with van der Waals surface area (Å²) in [5, 5.41) is 3.04. The number of methoxy groups -OCH3 is 1. The zero-order valence-electron chi connectivity index (χ0n) is 16.4. The molecule has 0 aliphatic rings. The van der Waals surface area contributed by atoms with Gasteiger partial charge in [-0.25, -0.2) is 8.78 Å². The zero-order chi connectivity index (χ0) is 21.8. The van der Waals surface area contributed by atoms with Gasteiger partial charge in [-0.3, -0.25) is 9.78 Å². The van der Waals surface area contributed by atoms with Crippen LogP contribution in [0.3, 0.4) is 0 Å². The van der Waals surface area contributed by atoms with Crippen molar-refractivity contribution in [1.29, 1.82) is 0 Å². The number of rotatable bonds is 7. The molecule has 0 saturated carbocycles. The van der Waals surface area contributed by atoms with Crippen molar-refractivity contribution in [3.8, 4) is 17.0 Å². The first-order chi connectivity index (χ1) is 15.0. The van der Waals surface area contributed by atoms with Crippen molar-refractivity contribution < 1.29 is 22.7 Å². The normalized spacial score (nSPS) is 11.7. The van der Waals surface area contributed by atoms with Crippen LogP contribution in [0.4, 0.5) is 14.6 Å². The second-order valence-electron chi connectivity index (χ2n) is 6.65. The van der Waals surface area contributed by atoms with Crippen molar-refractivity contribution >= 4 is 11.6 Å². The minimum atomic E-state index is -0.918. The van der Waals surface area contributed by atoms with Crippen LogP contribution < -0.4 is 10.1 Å². The van der Waals surface area contributed by atoms with E-state index in [-0.39, 0.29) is 23.0 Å². The lowest BCUT2D eigenvalue weighted by molar-refractivity contribution is 0.0969. The first kappa shape index (κ1) is 20.2. The molecule has 0 bridgehead atoms. The molecule has 6 nitrogen and oxygen atoms in total. The lowest BCUT2D eigenvalue weighted by Crippen LogP contribution is -2.22. The van der Waals surface area contributed by atoms with Crippen molar-refractivity contribution in [1.82, 2.24) is 9.97 Å². The van der Waals surface area contributed by atoms with Gasteiger partial charge in [0.15, 0.2) is 5.78 Å². The van der Waals surface area contributed by atoms with Crippen LogP contribution in [0.1, 0.15) is 22.0 Å². The molecular formula is C23H17F2N3O3. The maximum atomic E-state index is 13.5. The molecule has 0 amide bonds. The smallest absolute Gasteiger partial charge is 0.233 e. The van der Waals surface area contributed by atoms with Crippen LogP contribution in [-0.4, -0.2) is 22.9 Å². The molecule has 2 heterocycles. The maximum Gasteiger partial charge on any atom is 0.233 e. The van der Waals surface area contributed by atoms with Gasteiger partial charge in [-0.1, -0.05) is 24.3 Å². The third-order valence-electron chi connectivity index (χ3n) is 4.66. The molecule has 31 heavy (non-hydrogen) atoms. The van der Waals surface area contributed by atoms with Crippen molar-refractivity contribution in [3.63, 3.8) is 0 Å². The number of anilines is 1. The third-order valence-corrected chi connectivity index (χ3v) is 4.66. The highest BCUT2D eigenvalue weighted by Crippen LogP contribution is 2.31. The largest absolute Gasteiger partial charge is 0.480 e. The first-order valence-corrected chi connectivity index (χ1v) is 9.29. The minimum absolute atomic E-state index is 0.269. The number of carbonyl (C=O) groups is 1. The van der Waals surface area contributed by atoms with Gasteiger partial charge >= 0.3 is 0 Å². The standard InChI is InChI=1S/C23H17F2N3O3/c1-30-21-11-26-10-20(27-21)28-22(15-4-8-17(25)9-5-15)23(29)19-13-31-12-18(19)14-2-6-16(24)7-3-14/h2-13,22H,1H3,(H,27,28). The summed E-state index contributed by atoms with van der Waals surface area (Å²) in [6.45, 7) is 0. The van der Waals surface area contributed by atoms with Gasteiger partial charge in [-0.15, -0.1) is 0 Å². The SMILES string of the molecule is COc1cncc(NC(C(=O)c2cocc2-c2ccc(F)cc2)c2ccc(F)cc2)n1. The molecule has 2 aromatic carbocycles. The highest BCUT2D eigenvalue weighted by Gasteiger charge is 2.27. The average molecular weight is 421 g/mol. The van der Waals surface area contributed by atoms with E-state index in [1.54, 1.807) is 12.1 Å². The monoisotopic (exact) mass is 421 g/mol. The zero-order valence-corrected chi connectivity index (χ0v) is 16.4. The summed E-state index contributed by atoms with van der Waals surface area (Å²) in [5.41, 5.74) is 1.93. The Labute approximate surface area is 176 Å². The number of nitrogens with one attached hydrogen (secondary N) is 1. The summed E-state index contributed by atoms with van der Waals surface area (Å²) in [6.07, 6.45) is 5.63. The fraction of sp³-hybridized carbons (Fsp3) is 0.0870. The van der Waals surface area contributed by atoms with Crippen molar-refractivity contribution in [3.05, 3.63) is 96.2 Å². The van der Waals surface area contributed by atoms with E-state index >= 15 is 0 Å². The van der Waals surface area contributed by atoms with E-state index in [2.05, 4.69) is 15.3 Å². The predicted octanol–water partition coefficient (Wildman–Crippen LogP) is 5.06. The van der Waals surface area contributed by atoms with Crippen molar-refractivity contribution in [2.24, 2.45) is 0 Å². The Morgan fingerprint density at radius 2 is 1.68 bits per heavy atom. The predicted molar refractivity (Wildman–Crippen MR) is 110 cm³/mol. The summed E-state index contributed by atoms with van der Waals surface area (Å²) < 4.78 is 37.2. The van der Waals surface area contributed by atoms with Crippen LogP contribution >= 0.6 is 0 Å². The van der Waals surface area contributed by atoms with Crippen molar-refractivity contribution in [2.75, 3.05) is 12.4 Å². The molecule has 1 atom stereocenters. The van der Waals surface area contributed by atoms with Gasteiger partial charge in [0.25, 0.3) is 0 Å². The molecule has 1 N–H and O–H groups in total. The van der Waals surface area contributed by atoms with Crippen LogP contribution in [0.5, 0.6) is 5.88 Å². The van der Waals surface area contributed by atoms with Crippen LogP contribution in [0, 0.1) is 11.6 Å². The summed E-state index contributed by atoms with van der Waals surface area (Å²) in [4.78, 5) is 21.8. The van der Waals surface area contributed by atoms with Crippen LogP contribution in [0.15, 0.2) is 77.9 Å². The van der Waals surface area contributed by atoms with E-state index in [1.165, 1.54) is 68.4 Å². The summed E-state index contributed by atoms with van der Waals surface area (Å²) in [5.74, 6) is -0.585. The highest BCUT2D eigenvalue weighted by molar-refractivity contribution is 6.06. The maximum absolute atomic E-state index is 13.5. The average Bonchev–Trinajstić information content (AvgIpc) is 3.28. The van der Waals surface area contributed by atoms with E-state index in [0.717, 1.165) is 0 Å². The fourth-order valence-electron chi connectivity index (χ4n) is 3.12. The number of Topliss-reactive ketones (excluding diaryl/α,β-unsaturated/α-hetero) is 1. The van der Waals surface area contributed by atoms with Gasteiger partial charge < -0.3 is 14.5 Å². The van der Waals surface area contributed by atoms with Crippen LogP contribution in [0.2, 0.25) is 0 Å². The molecule has 0 saturated heterocycles. The number of hydrogen-bond donors (Lipinski definition) is 1. The van der Waals surface area contributed by atoms with Gasteiger partial charge in [-0.2, -0.15) is 4.98 Å². The summed E-state index contributed by atoms with van der Waals surface area (Å²) in [6, 6.07) is 10.4. The van der Waals surface area contributed by atoms with E-state index in [0.29, 0.717) is 22.5 Å².